The molecular formula is C10H24O4S4. The number of carboxylic acid groups (broad SMARTS) is 1. The molecule has 0 aromatic carbocycles. The Balaban J connectivity index is -0.000000187. The molecule has 0 radical (unpaired) electrons. The van der Waals surface area contributed by atoms with E-state index in [-0.39, 0.29) is 11.9 Å². The molecule has 4 nitrogen and oxygen atoms in total. The Hall–Kier alpha value is 0.790. The van der Waals surface area contributed by atoms with Crippen LogP contribution in [0.3, 0.4) is 0 Å². The van der Waals surface area contributed by atoms with Gasteiger partial charge in [-0.2, -0.15) is 25.3 Å². The van der Waals surface area contributed by atoms with Crippen LogP contribution in [0, 0.1) is 0 Å². The molecule has 0 saturated carbocycles. The number of hydrogen-bond acceptors (Lipinski definition) is 7. The lowest BCUT2D eigenvalue weighted by atomic mass is 10.4. The zero-order valence-electron chi connectivity index (χ0n) is 10.7. The molecule has 18 heavy (non-hydrogen) atoms. The second kappa shape index (κ2) is 15.8. The summed E-state index contributed by atoms with van der Waals surface area (Å²) < 4.78 is -1.07. The largest absolute Gasteiger partial charge is 0.481 e. The van der Waals surface area contributed by atoms with Gasteiger partial charge in [-0.1, -0.05) is 13.8 Å². The van der Waals surface area contributed by atoms with E-state index in [1.165, 1.54) is 0 Å². The highest BCUT2D eigenvalue weighted by atomic mass is 32.2. The Morgan fingerprint density at radius 3 is 1.72 bits per heavy atom. The van der Waals surface area contributed by atoms with Crippen molar-refractivity contribution in [2.45, 2.75) is 42.6 Å². The number of aliphatic hydroxyl groups is 2. The van der Waals surface area contributed by atoms with E-state index in [0.717, 1.165) is 6.42 Å². The number of hydrogen-bond donors (Lipinski definition) is 7. The monoisotopic (exact) mass is 336 g/mol. The van der Waals surface area contributed by atoms with E-state index in [1.54, 1.807) is 6.92 Å². The molecular weight excluding hydrogens is 312 g/mol. The Morgan fingerprint density at radius 2 is 1.72 bits per heavy atom. The van der Waals surface area contributed by atoms with Crippen molar-refractivity contribution in [3.05, 3.63) is 0 Å². The lowest BCUT2D eigenvalue weighted by Gasteiger charge is -2.09. The van der Waals surface area contributed by atoms with Crippen molar-refractivity contribution in [3.8, 4) is 0 Å². The predicted molar refractivity (Wildman–Crippen MR) is 89.5 cm³/mol. The Bertz CT molecular complexity index is 181. The van der Waals surface area contributed by atoms with Crippen LogP contribution in [0.4, 0.5) is 0 Å². The minimum Gasteiger partial charge on any atom is -0.481 e. The Labute approximate surface area is 131 Å². The van der Waals surface area contributed by atoms with E-state index < -0.39 is 10.2 Å². The van der Waals surface area contributed by atoms with Crippen molar-refractivity contribution in [2.24, 2.45) is 0 Å². The van der Waals surface area contributed by atoms with E-state index >= 15 is 0 Å². The van der Waals surface area contributed by atoms with Crippen molar-refractivity contribution in [1.29, 1.82) is 0 Å². The van der Waals surface area contributed by atoms with Gasteiger partial charge < -0.3 is 15.3 Å². The van der Waals surface area contributed by atoms with Crippen molar-refractivity contribution < 1.29 is 20.1 Å². The molecule has 0 aliphatic rings. The Kier molecular flexibility index (Phi) is 21.0. The topological polar surface area (TPSA) is 77.8 Å². The summed E-state index contributed by atoms with van der Waals surface area (Å²) in [7, 11) is 0. The van der Waals surface area contributed by atoms with Crippen molar-refractivity contribution >= 4 is 56.5 Å². The van der Waals surface area contributed by atoms with Gasteiger partial charge in [0.2, 0.25) is 0 Å². The fourth-order valence-corrected chi connectivity index (χ4v) is 0.387. The first-order chi connectivity index (χ1) is 8.14. The molecule has 0 amide bonds. The van der Waals surface area contributed by atoms with Gasteiger partial charge >= 0.3 is 5.97 Å². The fraction of sp³-hybridized carbons (Fsp3) is 0.900. The first-order valence-electron chi connectivity index (χ1n) is 5.43. The van der Waals surface area contributed by atoms with E-state index in [1.807, 2.05) is 6.92 Å². The fourth-order valence-electron chi connectivity index (χ4n) is 0.272. The summed E-state index contributed by atoms with van der Waals surface area (Å²) >= 11 is 15.1. The van der Waals surface area contributed by atoms with Gasteiger partial charge in [0, 0.05) is 17.4 Å². The smallest absolute Gasteiger partial charge is 0.303 e. The number of aliphatic hydroxyl groups excluding tert-OH is 1. The van der Waals surface area contributed by atoms with Gasteiger partial charge in [-0.3, -0.25) is 4.79 Å². The lowest BCUT2D eigenvalue weighted by Crippen LogP contribution is -2.07. The first kappa shape index (κ1) is 23.9. The molecule has 0 heterocycles. The third-order valence-electron chi connectivity index (χ3n) is 1.36. The number of aliphatic carboxylic acids is 1. The molecule has 0 saturated heterocycles. The van der Waals surface area contributed by atoms with Gasteiger partial charge in [-0.15, -0.1) is 25.3 Å². The number of rotatable bonds is 5. The Morgan fingerprint density at radius 1 is 1.33 bits per heavy atom. The highest BCUT2D eigenvalue weighted by molar-refractivity contribution is 8.00. The standard InChI is InChI=1S/C4H8O2.2C3H8OS2/c1-2-3-4(5)6;4-1-3(6)2-5;1-2-3(4,5)6/h2-3H2,1H3,(H,5,6);3-6H,1-2H2;4-6H,2H2,1H3. The normalized spacial score (nSPS) is 11.6. The van der Waals surface area contributed by atoms with Gasteiger partial charge in [-0.25, -0.2) is 0 Å². The molecule has 3 N–H and O–H groups in total. The molecule has 0 rings (SSSR count). The molecule has 0 bridgehead atoms. The first-order valence-corrected chi connectivity index (χ1v) is 7.47. The highest BCUT2D eigenvalue weighted by Crippen LogP contribution is 2.17. The molecule has 0 fully saturated rings. The molecule has 8 heteroatoms. The summed E-state index contributed by atoms with van der Waals surface area (Å²) in [6, 6.07) is 0. The van der Waals surface area contributed by atoms with Gasteiger partial charge in [0.25, 0.3) is 0 Å². The minimum atomic E-state index is -1.07. The maximum absolute atomic E-state index is 9.60. The highest BCUT2D eigenvalue weighted by Gasteiger charge is 2.08. The number of carboxylic acids is 1. The van der Waals surface area contributed by atoms with Crippen LogP contribution in [0.25, 0.3) is 0 Å². The molecule has 1 unspecified atom stereocenters. The van der Waals surface area contributed by atoms with Crippen LogP contribution in [0.2, 0.25) is 0 Å². The summed E-state index contributed by atoms with van der Waals surface area (Å²) in [6.45, 7) is 3.76. The van der Waals surface area contributed by atoms with Crippen LogP contribution in [0.1, 0.15) is 33.1 Å². The molecule has 0 aromatic heterocycles. The van der Waals surface area contributed by atoms with Crippen molar-refractivity contribution in [2.75, 3.05) is 12.4 Å². The minimum absolute atomic E-state index is 0.0494. The quantitative estimate of drug-likeness (QED) is 0.309. The third-order valence-corrected chi connectivity index (χ3v) is 3.07. The van der Waals surface area contributed by atoms with Crippen LogP contribution in [0.15, 0.2) is 0 Å². The second-order valence-corrected chi connectivity index (χ2v) is 6.22. The molecule has 0 aliphatic carbocycles. The molecule has 0 spiro atoms. The van der Waals surface area contributed by atoms with Crippen LogP contribution in [-0.4, -0.2) is 43.2 Å². The number of thiol groups is 4. The lowest BCUT2D eigenvalue weighted by molar-refractivity contribution is -0.137. The zero-order chi connectivity index (χ0) is 15.2. The van der Waals surface area contributed by atoms with Gasteiger partial charge in [0.15, 0.2) is 4.27 Å². The van der Waals surface area contributed by atoms with Crippen LogP contribution < -0.4 is 0 Å². The molecule has 1 atom stereocenters. The zero-order valence-corrected chi connectivity index (χ0v) is 14.2. The summed E-state index contributed by atoms with van der Waals surface area (Å²) in [4.78, 5) is 9.60. The molecule has 112 valence electrons. The predicted octanol–water partition coefficient (Wildman–Crippen LogP) is 1.98. The van der Waals surface area contributed by atoms with E-state index in [4.69, 9.17) is 15.3 Å². The maximum Gasteiger partial charge on any atom is 0.303 e. The molecule has 0 aliphatic heterocycles. The third kappa shape index (κ3) is 36.0. The van der Waals surface area contributed by atoms with Crippen LogP contribution in [-0.2, 0) is 4.79 Å². The average molecular weight is 337 g/mol. The van der Waals surface area contributed by atoms with Crippen LogP contribution >= 0.6 is 50.5 Å². The average Bonchev–Trinajstić information content (AvgIpc) is 2.28. The molecule has 0 aromatic rings. The second-order valence-electron chi connectivity index (χ2n) is 3.29. The summed E-state index contributed by atoms with van der Waals surface area (Å²) in [6.07, 6.45) is 1.58. The van der Waals surface area contributed by atoms with E-state index in [9.17, 15) is 4.79 Å². The summed E-state index contributed by atoms with van der Waals surface area (Å²) in [5, 5.41) is 24.7. The number of carbonyl (C=O) groups is 1. The maximum atomic E-state index is 9.60. The van der Waals surface area contributed by atoms with Crippen molar-refractivity contribution in [1.82, 2.24) is 0 Å². The summed E-state index contributed by atoms with van der Waals surface area (Å²) in [5.74, 6) is -0.0721. The van der Waals surface area contributed by atoms with Gasteiger partial charge in [0.05, 0.1) is 6.61 Å². The van der Waals surface area contributed by atoms with Crippen LogP contribution in [0.5, 0.6) is 0 Å². The SMILES string of the molecule is CCC(O)(S)S.CCCC(=O)O.OCC(S)CS. The van der Waals surface area contributed by atoms with Crippen molar-refractivity contribution in [3.63, 3.8) is 0 Å². The van der Waals surface area contributed by atoms with E-state index in [2.05, 4.69) is 50.5 Å². The summed E-state index contributed by atoms with van der Waals surface area (Å²) in [5.41, 5.74) is 0. The van der Waals surface area contributed by atoms with Gasteiger partial charge in [-0.05, 0) is 12.8 Å². The van der Waals surface area contributed by atoms with Gasteiger partial charge in [0.1, 0.15) is 0 Å². The van der Waals surface area contributed by atoms with E-state index in [0.29, 0.717) is 18.6 Å².